The van der Waals surface area contributed by atoms with Crippen LogP contribution in [0.3, 0.4) is 0 Å². The maximum atomic E-state index is 11.2. The number of ether oxygens (including phenoxy) is 1. The van der Waals surface area contributed by atoms with Crippen molar-refractivity contribution in [3.8, 4) is 5.75 Å². The molecule has 0 saturated carbocycles. The van der Waals surface area contributed by atoms with Crippen LogP contribution < -0.4 is 4.74 Å². The fourth-order valence-corrected chi connectivity index (χ4v) is 1.99. The van der Waals surface area contributed by atoms with E-state index in [4.69, 9.17) is 16.3 Å². The second-order valence-corrected chi connectivity index (χ2v) is 4.82. The van der Waals surface area contributed by atoms with E-state index in [1.165, 1.54) is 25.1 Å². The van der Waals surface area contributed by atoms with E-state index in [0.29, 0.717) is 21.9 Å². The lowest BCUT2D eigenvalue weighted by molar-refractivity contribution is -0.384. The largest absolute Gasteiger partial charge is 0.487 e. The second kappa shape index (κ2) is 6.37. The Labute approximate surface area is 126 Å². The SMILES string of the molecule is CC(=O)c1ccc(OCc2cccc([N+](=O)[O-])c2)c(Cl)c1. The number of nitrogens with zero attached hydrogens (tertiary/aromatic N) is 1. The molecule has 0 radical (unpaired) electrons. The quantitative estimate of drug-likeness (QED) is 0.475. The Morgan fingerprint density at radius 2 is 2.05 bits per heavy atom. The summed E-state index contributed by atoms with van der Waals surface area (Å²) in [5.41, 5.74) is 1.17. The van der Waals surface area contributed by atoms with Gasteiger partial charge in [-0.2, -0.15) is 0 Å². The summed E-state index contributed by atoms with van der Waals surface area (Å²) in [4.78, 5) is 21.5. The number of ketones is 1. The first-order valence-corrected chi connectivity index (χ1v) is 6.52. The van der Waals surface area contributed by atoms with Crippen LogP contribution in [-0.2, 0) is 6.61 Å². The van der Waals surface area contributed by atoms with Crippen LogP contribution in [0.4, 0.5) is 5.69 Å². The van der Waals surface area contributed by atoms with E-state index in [1.807, 2.05) is 0 Å². The third kappa shape index (κ3) is 3.79. The highest BCUT2D eigenvalue weighted by molar-refractivity contribution is 6.32. The summed E-state index contributed by atoms with van der Waals surface area (Å²) < 4.78 is 5.53. The summed E-state index contributed by atoms with van der Waals surface area (Å²) in [6, 6.07) is 10.9. The summed E-state index contributed by atoms with van der Waals surface area (Å²) in [7, 11) is 0. The Bertz CT molecular complexity index is 700. The van der Waals surface area contributed by atoms with E-state index in [-0.39, 0.29) is 18.1 Å². The number of hydrogen-bond acceptors (Lipinski definition) is 4. The van der Waals surface area contributed by atoms with Crippen LogP contribution in [0.5, 0.6) is 5.75 Å². The average Bonchev–Trinajstić information content (AvgIpc) is 2.46. The van der Waals surface area contributed by atoms with Crippen molar-refractivity contribution in [2.24, 2.45) is 0 Å². The topological polar surface area (TPSA) is 69.4 Å². The van der Waals surface area contributed by atoms with E-state index in [0.717, 1.165) is 0 Å². The minimum Gasteiger partial charge on any atom is -0.487 e. The van der Waals surface area contributed by atoms with Gasteiger partial charge in [0.05, 0.1) is 9.95 Å². The zero-order chi connectivity index (χ0) is 15.4. The zero-order valence-electron chi connectivity index (χ0n) is 11.2. The fraction of sp³-hybridized carbons (Fsp3) is 0.133. The van der Waals surface area contributed by atoms with E-state index in [9.17, 15) is 14.9 Å². The van der Waals surface area contributed by atoms with Crippen LogP contribution in [0, 0.1) is 10.1 Å². The Hall–Kier alpha value is -2.40. The number of nitro benzene ring substituents is 1. The number of benzene rings is 2. The highest BCUT2D eigenvalue weighted by atomic mass is 35.5. The molecule has 21 heavy (non-hydrogen) atoms. The summed E-state index contributed by atoms with van der Waals surface area (Å²) >= 11 is 6.04. The summed E-state index contributed by atoms with van der Waals surface area (Å²) in [5, 5.41) is 11.0. The van der Waals surface area contributed by atoms with Crippen LogP contribution in [0.15, 0.2) is 42.5 Å². The van der Waals surface area contributed by atoms with E-state index < -0.39 is 4.92 Å². The molecule has 108 valence electrons. The number of nitro groups is 1. The maximum absolute atomic E-state index is 11.2. The van der Waals surface area contributed by atoms with Gasteiger partial charge in [0.1, 0.15) is 12.4 Å². The van der Waals surface area contributed by atoms with Gasteiger partial charge in [-0.1, -0.05) is 23.7 Å². The van der Waals surface area contributed by atoms with Crippen molar-refractivity contribution in [1.82, 2.24) is 0 Å². The van der Waals surface area contributed by atoms with Gasteiger partial charge in [0, 0.05) is 17.7 Å². The Morgan fingerprint density at radius 1 is 1.29 bits per heavy atom. The van der Waals surface area contributed by atoms with E-state index in [1.54, 1.807) is 24.3 Å². The molecule has 0 aromatic heterocycles. The fourth-order valence-electron chi connectivity index (χ4n) is 1.76. The maximum Gasteiger partial charge on any atom is 0.269 e. The second-order valence-electron chi connectivity index (χ2n) is 4.42. The zero-order valence-corrected chi connectivity index (χ0v) is 12.0. The molecule has 0 unspecified atom stereocenters. The lowest BCUT2D eigenvalue weighted by Gasteiger charge is -2.09. The number of non-ortho nitro benzene ring substituents is 1. The molecule has 2 aromatic carbocycles. The molecule has 2 rings (SSSR count). The minimum atomic E-state index is -0.460. The van der Waals surface area contributed by atoms with Crippen molar-refractivity contribution in [2.75, 3.05) is 0 Å². The van der Waals surface area contributed by atoms with Gasteiger partial charge < -0.3 is 4.74 Å². The normalized spacial score (nSPS) is 10.2. The number of halogens is 1. The number of rotatable bonds is 5. The van der Waals surface area contributed by atoms with Crippen molar-refractivity contribution < 1.29 is 14.5 Å². The summed E-state index contributed by atoms with van der Waals surface area (Å²) in [6.45, 7) is 1.61. The molecule has 6 heteroatoms. The minimum absolute atomic E-state index is 0.00845. The number of carbonyl (C=O) groups is 1. The van der Waals surface area contributed by atoms with Crippen LogP contribution in [0.1, 0.15) is 22.8 Å². The predicted octanol–water partition coefficient (Wildman–Crippen LogP) is 4.03. The van der Waals surface area contributed by atoms with Crippen molar-refractivity contribution in [1.29, 1.82) is 0 Å². The van der Waals surface area contributed by atoms with Crippen LogP contribution in [0.2, 0.25) is 5.02 Å². The van der Waals surface area contributed by atoms with E-state index in [2.05, 4.69) is 0 Å². The highest BCUT2D eigenvalue weighted by Crippen LogP contribution is 2.26. The lowest BCUT2D eigenvalue weighted by Crippen LogP contribution is -1.98. The van der Waals surface area contributed by atoms with Gasteiger partial charge in [-0.15, -0.1) is 0 Å². The van der Waals surface area contributed by atoms with Gasteiger partial charge >= 0.3 is 0 Å². The molecule has 0 bridgehead atoms. The molecule has 2 aromatic rings. The Morgan fingerprint density at radius 3 is 2.67 bits per heavy atom. The number of Topliss-reactive ketones (excluding diaryl/α,β-unsaturated/α-hetero) is 1. The summed E-state index contributed by atoms with van der Waals surface area (Å²) in [5.74, 6) is 0.343. The first-order valence-electron chi connectivity index (χ1n) is 6.14. The van der Waals surface area contributed by atoms with Gasteiger partial charge in [0.15, 0.2) is 5.78 Å². The highest BCUT2D eigenvalue weighted by Gasteiger charge is 2.08. The van der Waals surface area contributed by atoms with Crippen LogP contribution in [0.25, 0.3) is 0 Å². The first kappa shape index (κ1) is 15.0. The first-order chi connectivity index (χ1) is 9.97. The molecule has 0 aliphatic carbocycles. The predicted molar refractivity (Wildman–Crippen MR) is 78.9 cm³/mol. The molecule has 0 amide bonds. The van der Waals surface area contributed by atoms with Gasteiger partial charge in [-0.25, -0.2) is 0 Å². The third-order valence-corrected chi connectivity index (χ3v) is 3.15. The van der Waals surface area contributed by atoms with Gasteiger partial charge in [0.2, 0.25) is 0 Å². The van der Waals surface area contributed by atoms with Crippen LogP contribution in [-0.4, -0.2) is 10.7 Å². The molecule has 0 atom stereocenters. The average molecular weight is 306 g/mol. The molecule has 0 saturated heterocycles. The van der Waals surface area contributed by atoms with Gasteiger partial charge in [-0.05, 0) is 30.7 Å². The smallest absolute Gasteiger partial charge is 0.269 e. The number of carbonyl (C=O) groups excluding carboxylic acids is 1. The van der Waals surface area contributed by atoms with Crippen molar-refractivity contribution in [3.63, 3.8) is 0 Å². The molecule has 0 heterocycles. The molecule has 0 N–H and O–H groups in total. The van der Waals surface area contributed by atoms with Crippen molar-refractivity contribution in [2.45, 2.75) is 13.5 Å². The monoisotopic (exact) mass is 305 g/mol. The molecular formula is C15H12ClNO4. The van der Waals surface area contributed by atoms with E-state index >= 15 is 0 Å². The molecule has 0 fully saturated rings. The van der Waals surface area contributed by atoms with Crippen LogP contribution >= 0.6 is 11.6 Å². The Kier molecular flexibility index (Phi) is 4.55. The molecule has 0 aliphatic heterocycles. The third-order valence-electron chi connectivity index (χ3n) is 2.85. The van der Waals surface area contributed by atoms with Crippen molar-refractivity contribution in [3.05, 3.63) is 68.7 Å². The van der Waals surface area contributed by atoms with Gasteiger partial charge in [-0.3, -0.25) is 14.9 Å². The number of hydrogen-bond donors (Lipinski definition) is 0. The molecular weight excluding hydrogens is 294 g/mol. The molecule has 5 nitrogen and oxygen atoms in total. The Balaban J connectivity index is 2.11. The standard InChI is InChI=1S/C15H12ClNO4/c1-10(18)12-5-6-15(14(16)8-12)21-9-11-3-2-4-13(7-11)17(19)20/h2-8H,9H2,1H3. The lowest BCUT2D eigenvalue weighted by atomic mass is 10.1. The van der Waals surface area contributed by atoms with Gasteiger partial charge in [0.25, 0.3) is 5.69 Å². The van der Waals surface area contributed by atoms with Crippen molar-refractivity contribution >= 4 is 23.1 Å². The molecule has 0 aliphatic rings. The molecule has 0 spiro atoms. The summed E-state index contributed by atoms with van der Waals surface area (Å²) in [6.07, 6.45) is 0.